The van der Waals surface area contributed by atoms with Crippen LogP contribution in [-0.2, 0) is 10.9 Å². The second kappa shape index (κ2) is 6.87. The van der Waals surface area contributed by atoms with Gasteiger partial charge in [0.2, 0.25) is 0 Å². The van der Waals surface area contributed by atoms with Gasteiger partial charge in [0.25, 0.3) is 0 Å². The van der Waals surface area contributed by atoms with Gasteiger partial charge in [-0.2, -0.15) is 13.2 Å². The molecule has 156 valence electrons. The van der Waals surface area contributed by atoms with Gasteiger partial charge >= 0.3 is 6.18 Å². The van der Waals surface area contributed by atoms with E-state index in [0.29, 0.717) is 23.5 Å². The predicted octanol–water partition coefficient (Wildman–Crippen LogP) is 4.56. The molecular weight excluding hydrogens is 391 g/mol. The van der Waals surface area contributed by atoms with E-state index in [9.17, 15) is 13.2 Å². The van der Waals surface area contributed by atoms with Crippen LogP contribution < -0.4 is 5.32 Å². The zero-order valence-electron chi connectivity index (χ0n) is 16.6. The zero-order valence-corrected chi connectivity index (χ0v) is 16.6. The summed E-state index contributed by atoms with van der Waals surface area (Å²) in [5.41, 5.74) is 4.30. The van der Waals surface area contributed by atoms with Gasteiger partial charge in [0, 0.05) is 30.5 Å². The van der Waals surface area contributed by atoms with Crippen molar-refractivity contribution in [1.82, 2.24) is 4.90 Å². The van der Waals surface area contributed by atoms with E-state index in [1.807, 2.05) is 12.1 Å². The van der Waals surface area contributed by atoms with Gasteiger partial charge in [-0.1, -0.05) is 24.3 Å². The molecule has 2 aromatic carbocycles. The molecule has 0 aliphatic carbocycles. The normalized spacial score (nSPS) is 21.0. The molecule has 0 saturated carbocycles. The number of hydrogen-bond acceptors (Lipinski definition) is 4. The largest absolute Gasteiger partial charge is 0.416 e. The number of alkyl halides is 3. The van der Waals surface area contributed by atoms with Gasteiger partial charge in [-0.25, -0.2) is 0 Å². The highest BCUT2D eigenvalue weighted by atomic mass is 19.4. The lowest BCUT2D eigenvalue weighted by atomic mass is 9.78. The second-order valence-electron chi connectivity index (χ2n) is 8.42. The molecular formula is C23H22F3N3O. The minimum Gasteiger partial charge on any atom is -0.380 e. The molecule has 0 bridgehead atoms. The number of rotatable bonds is 2. The summed E-state index contributed by atoms with van der Waals surface area (Å²) in [5, 5.41) is 3.10. The summed E-state index contributed by atoms with van der Waals surface area (Å²) in [7, 11) is 0. The van der Waals surface area contributed by atoms with E-state index in [0.717, 1.165) is 60.7 Å². The quantitative estimate of drug-likeness (QED) is 0.784. The molecule has 1 spiro atoms. The second-order valence-corrected chi connectivity index (χ2v) is 8.42. The van der Waals surface area contributed by atoms with E-state index in [-0.39, 0.29) is 0 Å². The van der Waals surface area contributed by atoms with Gasteiger partial charge in [-0.15, -0.1) is 0 Å². The van der Waals surface area contributed by atoms with E-state index in [1.165, 1.54) is 6.07 Å². The molecule has 0 aromatic heterocycles. The van der Waals surface area contributed by atoms with Crippen molar-refractivity contribution in [3.05, 3.63) is 70.9 Å². The lowest BCUT2D eigenvalue weighted by Crippen LogP contribution is -2.64. The maximum Gasteiger partial charge on any atom is 0.416 e. The van der Waals surface area contributed by atoms with Crippen LogP contribution in [0.3, 0.4) is 0 Å². The van der Waals surface area contributed by atoms with Crippen LogP contribution in [0.1, 0.15) is 22.3 Å². The Morgan fingerprint density at radius 3 is 2.60 bits per heavy atom. The van der Waals surface area contributed by atoms with Crippen molar-refractivity contribution in [2.24, 2.45) is 10.4 Å². The number of halogens is 3. The lowest BCUT2D eigenvalue weighted by Gasteiger charge is -2.55. The van der Waals surface area contributed by atoms with Gasteiger partial charge in [-0.05, 0) is 41.8 Å². The molecule has 1 N–H and O–H groups in total. The fourth-order valence-corrected chi connectivity index (χ4v) is 4.44. The number of likely N-dealkylation sites (tertiary alicyclic amines) is 1. The molecule has 0 amide bonds. The number of benzene rings is 2. The van der Waals surface area contributed by atoms with Gasteiger partial charge in [-0.3, -0.25) is 4.99 Å². The van der Waals surface area contributed by atoms with E-state index >= 15 is 0 Å². The molecule has 7 heteroatoms. The number of nitrogens with one attached hydrogen (secondary N) is 1. The van der Waals surface area contributed by atoms with E-state index in [4.69, 9.17) is 4.74 Å². The summed E-state index contributed by atoms with van der Waals surface area (Å²) in [4.78, 5) is 6.97. The Kier molecular flexibility index (Phi) is 4.39. The summed E-state index contributed by atoms with van der Waals surface area (Å²) in [6, 6.07) is 11.2. The van der Waals surface area contributed by atoms with Crippen LogP contribution in [0, 0.1) is 12.3 Å². The minimum absolute atomic E-state index is 0.333. The monoisotopic (exact) mass is 413 g/mol. The highest BCUT2D eigenvalue weighted by molar-refractivity contribution is 6.13. The smallest absolute Gasteiger partial charge is 0.380 e. The Morgan fingerprint density at radius 1 is 1.13 bits per heavy atom. The van der Waals surface area contributed by atoms with Crippen LogP contribution in [0.15, 0.2) is 53.7 Å². The Balaban J connectivity index is 1.42. The molecule has 4 nitrogen and oxygen atoms in total. The highest BCUT2D eigenvalue weighted by Gasteiger charge is 2.48. The summed E-state index contributed by atoms with van der Waals surface area (Å²) in [6.07, 6.45) is -2.20. The predicted molar refractivity (Wildman–Crippen MR) is 110 cm³/mol. The van der Waals surface area contributed by atoms with Crippen molar-refractivity contribution in [3.8, 4) is 0 Å². The van der Waals surface area contributed by atoms with Gasteiger partial charge in [0.05, 0.1) is 30.7 Å². The Hall–Kier alpha value is -2.80. The molecule has 2 aromatic rings. The van der Waals surface area contributed by atoms with Crippen LogP contribution in [0.25, 0.3) is 5.57 Å². The number of ether oxygens (including phenoxy) is 1. The Morgan fingerprint density at radius 2 is 1.90 bits per heavy atom. The van der Waals surface area contributed by atoms with Crippen molar-refractivity contribution in [2.75, 3.05) is 38.2 Å². The molecule has 0 radical (unpaired) electrons. The third-order valence-corrected chi connectivity index (χ3v) is 5.94. The Bertz CT molecular complexity index is 1050. The molecule has 2 fully saturated rings. The Labute approximate surface area is 173 Å². The molecule has 5 rings (SSSR count). The van der Waals surface area contributed by atoms with Crippen LogP contribution in [0.4, 0.5) is 18.9 Å². The summed E-state index contributed by atoms with van der Waals surface area (Å²) < 4.78 is 44.5. The van der Waals surface area contributed by atoms with Crippen molar-refractivity contribution < 1.29 is 17.9 Å². The van der Waals surface area contributed by atoms with E-state index < -0.39 is 11.7 Å². The molecule has 0 unspecified atom stereocenters. The van der Waals surface area contributed by atoms with E-state index in [2.05, 4.69) is 34.4 Å². The maximum atomic E-state index is 13.1. The fraction of sp³-hybridized carbons (Fsp3) is 0.348. The minimum atomic E-state index is -4.38. The number of aliphatic imine (C=N–C) groups is 1. The topological polar surface area (TPSA) is 36.9 Å². The van der Waals surface area contributed by atoms with Crippen LogP contribution in [-0.4, -0.2) is 43.6 Å². The fourth-order valence-electron chi connectivity index (χ4n) is 4.44. The SMILES string of the molecule is Cc1cccc2c1/C(=C\N1CC3(COC3)C1)CN=C2Nc1cccc(C(F)(F)F)c1. The third kappa shape index (κ3) is 3.37. The molecule has 0 atom stereocenters. The van der Waals surface area contributed by atoms with Crippen LogP contribution in [0.2, 0.25) is 0 Å². The summed E-state index contributed by atoms with van der Waals surface area (Å²) in [5.74, 6) is 0.595. The molecule has 2 saturated heterocycles. The number of nitrogens with zero attached hydrogens (tertiary/aromatic N) is 2. The lowest BCUT2D eigenvalue weighted by molar-refractivity contribution is -0.176. The average Bonchev–Trinajstić information content (AvgIpc) is 2.64. The van der Waals surface area contributed by atoms with Crippen LogP contribution in [0.5, 0.6) is 0 Å². The number of hydrogen-bond donors (Lipinski definition) is 1. The van der Waals surface area contributed by atoms with E-state index in [1.54, 1.807) is 6.07 Å². The van der Waals surface area contributed by atoms with Gasteiger partial charge in [0.1, 0.15) is 5.84 Å². The van der Waals surface area contributed by atoms with Crippen molar-refractivity contribution in [2.45, 2.75) is 13.1 Å². The van der Waals surface area contributed by atoms with Crippen molar-refractivity contribution in [3.63, 3.8) is 0 Å². The number of amidine groups is 1. The van der Waals surface area contributed by atoms with Crippen molar-refractivity contribution >= 4 is 17.1 Å². The first kappa shape index (κ1) is 19.2. The molecule has 30 heavy (non-hydrogen) atoms. The summed E-state index contributed by atoms with van der Waals surface area (Å²) in [6.45, 7) is 6.21. The van der Waals surface area contributed by atoms with Crippen LogP contribution >= 0.6 is 0 Å². The molecule has 3 heterocycles. The maximum absolute atomic E-state index is 13.1. The average molecular weight is 413 g/mol. The number of fused-ring (bicyclic) bond motifs is 1. The van der Waals surface area contributed by atoms with Gasteiger partial charge < -0.3 is 15.0 Å². The first-order chi connectivity index (χ1) is 14.3. The highest BCUT2D eigenvalue weighted by Crippen LogP contribution is 2.39. The van der Waals surface area contributed by atoms with Gasteiger partial charge in [0.15, 0.2) is 0 Å². The zero-order chi connectivity index (χ0) is 20.9. The number of aryl methyl sites for hydroxylation is 1. The molecule has 3 aliphatic rings. The molecule has 3 aliphatic heterocycles. The standard InChI is InChI=1S/C23H22F3N3O/c1-15-4-2-7-19-20(15)16(10-29-11-22(12-29)13-30-14-22)9-27-21(19)28-18-6-3-5-17(8-18)23(24,25)26/h2-8,10H,9,11-14H2,1H3,(H,27,28)/b16-10-. The first-order valence-corrected chi connectivity index (χ1v) is 9.95. The first-order valence-electron chi connectivity index (χ1n) is 9.95. The third-order valence-electron chi connectivity index (χ3n) is 5.94. The van der Waals surface area contributed by atoms with Crippen molar-refractivity contribution in [1.29, 1.82) is 0 Å². The number of anilines is 1. The summed E-state index contributed by atoms with van der Waals surface area (Å²) >= 11 is 0.